The Labute approximate surface area is 121 Å². The van der Waals surface area contributed by atoms with Crippen LogP contribution in [0.5, 0.6) is 0 Å². The van der Waals surface area contributed by atoms with Crippen LogP contribution in [0, 0.1) is 0 Å². The van der Waals surface area contributed by atoms with E-state index in [1.54, 1.807) is 18.2 Å². The summed E-state index contributed by atoms with van der Waals surface area (Å²) in [6.07, 6.45) is 2.43. The number of aromatic nitrogens is 1. The minimum absolute atomic E-state index is 0.0190. The van der Waals surface area contributed by atoms with E-state index in [0.29, 0.717) is 24.1 Å². The number of carbonyl (C=O) groups is 2. The van der Waals surface area contributed by atoms with Crippen LogP contribution in [0.4, 0.5) is 0 Å². The van der Waals surface area contributed by atoms with Gasteiger partial charge in [0, 0.05) is 5.39 Å². The number of carbonyl (C=O) groups excluding carboxylic acids is 1. The first-order chi connectivity index (χ1) is 10.1. The second-order valence-electron chi connectivity index (χ2n) is 4.63. The summed E-state index contributed by atoms with van der Waals surface area (Å²) in [4.78, 5) is 23.0. The van der Waals surface area contributed by atoms with Gasteiger partial charge in [0.25, 0.3) is 0 Å². The van der Waals surface area contributed by atoms with Crippen LogP contribution >= 0.6 is 0 Å². The summed E-state index contributed by atoms with van der Waals surface area (Å²) in [7, 11) is 0. The number of nitrogens with zero attached hydrogens (tertiary/aromatic N) is 1. The zero-order valence-corrected chi connectivity index (χ0v) is 11.4. The topological polar surface area (TPSA) is 92.4 Å². The lowest BCUT2D eigenvalue weighted by Crippen LogP contribution is -2.41. The molecule has 110 valence electrons. The van der Waals surface area contributed by atoms with Gasteiger partial charge in [-0.15, -0.1) is 6.58 Å². The number of carboxylic acid groups (broad SMARTS) is 1. The average Bonchev–Trinajstić information content (AvgIpc) is 2.86. The number of rotatable bonds is 7. The van der Waals surface area contributed by atoms with Gasteiger partial charge in [0.2, 0.25) is 5.91 Å². The lowest BCUT2D eigenvalue weighted by Gasteiger charge is -2.12. The van der Waals surface area contributed by atoms with Gasteiger partial charge in [-0.05, 0) is 25.0 Å². The summed E-state index contributed by atoms with van der Waals surface area (Å²) in [5.41, 5.74) is 1.10. The molecule has 1 atom stereocenters. The number of hydrogen-bond acceptors (Lipinski definition) is 4. The van der Waals surface area contributed by atoms with E-state index in [4.69, 9.17) is 9.63 Å². The predicted octanol–water partition coefficient (Wildman–Crippen LogP) is 1.91. The Morgan fingerprint density at radius 1 is 1.43 bits per heavy atom. The lowest BCUT2D eigenvalue weighted by atomic mass is 10.1. The maximum Gasteiger partial charge on any atom is 0.326 e. The van der Waals surface area contributed by atoms with Crippen LogP contribution in [-0.2, 0) is 16.0 Å². The van der Waals surface area contributed by atoms with Gasteiger partial charge in [0.05, 0.1) is 6.42 Å². The predicted molar refractivity (Wildman–Crippen MR) is 76.7 cm³/mol. The summed E-state index contributed by atoms with van der Waals surface area (Å²) in [5.74, 6) is -1.46. The molecule has 2 aromatic rings. The van der Waals surface area contributed by atoms with Crippen molar-refractivity contribution in [2.45, 2.75) is 25.3 Å². The molecule has 1 heterocycles. The molecule has 0 aliphatic rings. The van der Waals surface area contributed by atoms with Crippen LogP contribution in [0.1, 0.15) is 18.5 Å². The molecular formula is C15H16N2O4. The quantitative estimate of drug-likeness (QED) is 0.759. The number of amides is 1. The number of fused-ring (bicyclic) bond motifs is 1. The van der Waals surface area contributed by atoms with Gasteiger partial charge in [-0.3, -0.25) is 4.79 Å². The molecule has 6 heteroatoms. The third-order valence-electron chi connectivity index (χ3n) is 3.07. The van der Waals surface area contributed by atoms with Gasteiger partial charge in [-0.25, -0.2) is 4.79 Å². The third-order valence-corrected chi connectivity index (χ3v) is 3.07. The van der Waals surface area contributed by atoms with E-state index in [2.05, 4.69) is 17.1 Å². The van der Waals surface area contributed by atoms with Gasteiger partial charge in [-0.1, -0.05) is 23.4 Å². The fourth-order valence-electron chi connectivity index (χ4n) is 2.00. The van der Waals surface area contributed by atoms with Gasteiger partial charge < -0.3 is 14.9 Å². The molecule has 2 rings (SSSR count). The Bertz CT molecular complexity index is 662. The Kier molecular flexibility index (Phi) is 4.71. The summed E-state index contributed by atoms with van der Waals surface area (Å²) in [6, 6.07) is 6.28. The Morgan fingerprint density at radius 3 is 2.90 bits per heavy atom. The summed E-state index contributed by atoms with van der Waals surface area (Å²) >= 11 is 0. The molecule has 1 unspecified atom stereocenters. The molecule has 0 aliphatic heterocycles. The number of para-hydroxylation sites is 1. The highest BCUT2D eigenvalue weighted by molar-refractivity contribution is 5.88. The van der Waals surface area contributed by atoms with Crippen molar-refractivity contribution >= 4 is 22.8 Å². The van der Waals surface area contributed by atoms with Crippen LogP contribution in [-0.4, -0.2) is 28.2 Å². The van der Waals surface area contributed by atoms with E-state index >= 15 is 0 Å². The number of hydrogen-bond donors (Lipinski definition) is 2. The van der Waals surface area contributed by atoms with Crippen molar-refractivity contribution in [1.82, 2.24) is 10.5 Å². The number of carboxylic acids is 1. The van der Waals surface area contributed by atoms with Crippen molar-refractivity contribution in [3.63, 3.8) is 0 Å². The number of aliphatic carboxylic acids is 1. The fraction of sp³-hybridized carbons (Fsp3) is 0.267. The number of allylic oxidation sites excluding steroid dienone is 1. The monoisotopic (exact) mass is 288 g/mol. The molecule has 0 fully saturated rings. The van der Waals surface area contributed by atoms with E-state index in [0.717, 1.165) is 5.39 Å². The largest absolute Gasteiger partial charge is 0.480 e. The first kappa shape index (κ1) is 14.8. The van der Waals surface area contributed by atoms with Crippen molar-refractivity contribution < 1.29 is 19.2 Å². The zero-order chi connectivity index (χ0) is 15.2. The van der Waals surface area contributed by atoms with Crippen molar-refractivity contribution in [2.75, 3.05) is 0 Å². The van der Waals surface area contributed by atoms with Crippen LogP contribution in [0.3, 0.4) is 0 Å². The second-order valence-corrected chi connectivity index (χ2v) is 4.63. The van der Waals surface area contributed by atoms with E-state index < -0.39 is 17.9 Å². The number of nitrogens with one attached hydrogen (secondary N) is 1. The normalized spacial score (nSPS) is 12.0. The molecule has 2 N–H and O–H groups in total. The average molecular weight is 288 g/mol. The minimum atomic E-state index is -1.06. The maximum absolute atomic E-state index is 12.0. The van der Waals surface area contributed by atoms with E-state index in [-0.39, 0.29) is 6.42 Å². The Morgan fingerprint density at radius 2 is 2.19 bits per heavy atom. The van der Waals surface area contributed by atoms with Gasteiger partial charge in [-0.2, -0.15) is 0 Å². The molecule has 1 aromatic heterocycles. The van der Waals surface area contributed by atoms with Crippen LogP contribution in [0.25, 0.3) is 11.0 Å². The molecule has 0 bridgehead atoms. The van der Waals surface area contributed by atoms with Crippen LogP contribution in [0.15, 0.2) is 41.4 Å². The van der Waals surface area contributed by atoms with Crippen LogP contribution in [0.2, 0.25) is 0 Å². The molecule has 1 amide bonds. The summed E-state index contributed by atoms with van der Waals surface area (Å²) in [6.45, 7) is 3.54. The Hall–Kier alpha value is -2.63. The van der Waals surface area contributed by atoms with Crippen LogP contribution < -0.4 is 5.32 Å². The SMILES string of the molecule is C=CCCC(NC(=O)Cc1noc2ccccc12)C(=O)O. The second kappa shape index (κ2) is 6.69. The van der Waals surface area contributed by atoms with Gasteiger partial charge in [0.15, 0.2) is 5.58 Å². The smallest absolute Gasteiger partial charge is 0.326 e. The molecule has 0 spiro atoms. The number of benzene rings is 1. The maximum atomic E-state index is 12.0. The van der Waals surface area contributed by atoms with Gasteiger partial charge >= 0.3 is 5.97 Å². The molecule has 0 saturated carbocycles. The minimum Gasteiger partial charge on any atom is -0.480 e. The highest BCUT2D eigenvalue weighted by Crippen LogP contribution is 2.18. The standard InChI is InChI=1S/C15H16N2O4/c1-2-3-7-11(15(19)20)16-14(18)9-12-10-6-4-5-8-13(10)21-17-12/h2,4-6,8,11H,1,3,7,9H2,(H,16,18)(H,19,20). The molecule has 6 nitrogen and oxygen atoms in total. The van der Waals surface area contributed by atoms with Crippen molar-refractivity contribution in [1.29, 1.82) is 0 Å². The summed E-state index contributed by atoms with van der Waals surface area (Å²) in [5, 5.41) is 16.2. The molecule has 0 saturated heterocycles. The van der Waals surface area contributed by atoms with Gasteiger partial charge in [0.1, 0.15) is 11.7 Å². The molecule has 1 aromatic carbocycles. The molecule has 21 heavy (non-hydrogen) atoms. The Balaban J connectivity index is 2.03. The highest BCUT2D eigenvalue weighted by atomic mass is 16.5. The first-order valence-corrected chi connectivity index (χ1v) is 6.58. The first-order valence-electron chi connectivity index (χ1n) is 6.58. The van der Waals surface area contributed by atoms with E-state index in [1.807, 2.05) is 12.1 Å². The van der Waals surface area contributed by atoms with E-state index in [1.165, 1.54) is 0 Å². The lowest BCUT2D eigenvalue weighted by molar-refractivity contribution is -0.141. The van der Waals surface area contributed by atoms with Crippen molar-refractivity contribution in [3.8, 4) is 0 Å². The van der Waals surface area contributed by atoms with Crippen molar-refractivity contribution in [3.05, 3.63) is 42.6 Å². The summed E-state index contributed by atoms with van der Waals surface area (Å²) < 4.78 is 5.11. The third kappa shape index (κ3) is 3.68. The molecular weight excluding hydrogens is 272 g/mol. The molecule has 0 radical (unpaired) electrons. The zero-order valence-electron chi connectivity index (χ0n) is 11.4. The fourth-order valence-corrected chi connectivity index (χ4v) is 2.00. The van der Waals surface area contributed by atoms with Crippen molar-refractivity contribution in [2.24, 2.45) is 0 Å². The van der Waals surface area contributed by atoms with E-state index in [9.17, 15) is 9.59 Å². The molecule has 0 aliphatic carbocycles. The highest BCUT2D eigenvalue weighted by Gasteiger charge is 2.20.